The monoisotopic (exact) mass is 881 g/mol. The summed E-state index contributed by atoms with van der Waals surface area (Å²) < 4.78 is 45.0. The van der Waals surface area contributed by atoms with E-state index in [0.717, 1.165) is 27.8 Å². The number of aryl methyl sites for hydroxylation is 3. The van der Waals surface area contributed by atoms with Gasteiger partial charge in [-0.2, -0.15) is 0 Å². The quantitative estimate of drug-likeness (QED) is 0.168. The van der Waals surface area contributed by atoms with Crippen LogP contribution in [0.25, 0.3) is 6.08 Å². The number of benzene rings is 1. The Morgan fingerprint density at radius 2 is 1.67 bits per heavy atom. The second kappa shape index (κ2) is 21.3. The highest BCUT2D eigenvalue weighted by atomic mass is 16.8. The predicted octanol–water partition coefficient (Wildman–Crippen LogP) is 7.15. The zero-order valence-corrected chi connectivity index (χ0v) is 39.8. The maximum absolute atomic E-state index is 14.6. The van der Waals surface area contributed by atoms with Crippen molar-refractivity contribution in [2.75, 3.05) is 27.8 Å². The fourth-order valence-electron chi connectivity index (χ4n) is 10.0. The Balaban J connectivity index is 1.64. The first kappa shape index (κ1) is 50.0. The molecule has 3 aliphatic rings. The Kier molecular flexibility index (Phi) is 16.9. The Hall–Kier alpha value is -3.99. The van der Waals surface area contributed by atoms with Gasteiger partial charge in [0.05, 0.1) is 42.1 Å². The number of cyclic esters (lactones) is 1. The molecule has 0 amide bonds. The molecule has 3 aliphatic heterocycles. The van der Waals surface area contributed by atoms with Crippen LogP contribution in [0.3, 0.4) is 0 Å². The van der Waals surface area contributed by atoms with E-state index in [-0.39, 0.29) is 31.3 Å². The van der Waals surface area contributed by atoms with Gasteiger partial charge in [0, 0.05) is 48.9 Å². The molecule has 15 nitrogen and oxygen atoms in total. The Morgan fingerprint density at radius 3 is 2.29 bits per heavy atom. The number of carbonyl (C=O) groups is 2. The first-order valence-electron chi connectivity index (χ1n) is 22.3. The molecule has 0 unspecified atom stereocenters. The minimum absolute atomic E-state index is 0.116. The molecule has 0 bridgehead atoms. The van der Waals surface area contributed by atoms with Gasteiger partial charge in [-0.1, -0.05) is 62.7 Å². The highest BCUT2D eigenvalue weighted by Gasteiger charge is 2.59. The number of likely N-dealkylation sites (N-methyl/N-ethyl adjacent to an activating group) is 1. The molecular weight excluding hydrogens is 809 g/mol. The third-order valence-corrected chi connectivity index (χ3v) is 13.5. The van der Waals surface area contributed by atoms with Gasteiger partial charge in [-0.15, -0.1) is 0 Å². The Morgan fingerprint density at radius 1 is 1.00 bits per heavy atom. The van der Waals surface area contributed by atoms with E-state index in [4.69, 9.17) is 43.2 Å². The Bertz CT molecular complexity index is 1890. The molecule has 5 rings (SSSR count). The van der Waals surface area contributed by atoms with Gasteiger partial charge in [-0.3, -0.25) is 4.79 Å². The maximum Gasteiger partial charge on any atom is 0.509 e. The lowest BCUT2D eigenvalue weighted by atomic mass is 9.73. The van der Waals surface area contributed by atoms with Crippen LogP contribution in [0.5, 0.6) is 0 Å². The fraction of sp³-hybridized carbons (Fsp3) is 0.688. The first-order valence-corrected chi connectivity index (χ1v) is 22.3. The minimum atomic E-state index is -1.39. The summed E-state index contributed by atoms with van der Waals surface area (Å²) in [4.78, 5) is 44.2. The van der Waals surface area contributed by atoms with Crippen molar-refractivity contribution in [3.63, 3.8) is 0 Å². The number of oxime groups is 1. The topological polar surface area (TPSA) is 170 Å². The summed E-state index contributed by atoms with van der Waals surface area (Å²) in [5, 5.41) is 16.7. The lowest BCUT2D eigenvalue weighted by Gasteiger charge is -2.48. The summed E-state index contributed by atoms with van der Waals surface area (Å²) in [6.45, 7) is 21.7. The van der Waals surface area contributed by atoms with E-state index in [9.17, 15) is 14.7 Å². The number of hydrogen-bond acceptors (Lipinski definition) is 15. The average molecular weight is 881 g/mol. The molecule has 15 heteroatoms. The number of rotatable bonds is 12. The molecule has 2 aromatic rings. The first-order chi connectivity index (χ1) is 29.7. The predicted molar refractivity (Wildman–Crippen MR) is 238 cm³/mol. The molecule has 3 fully saturated rings. The van der Waals surface area contributed by atoms with E-state index >= 15 is 0 Å². The van der Waals surface area contributed by atoms with Crippen LogP contribution in [-0.2, 0) is 49.4 Å². The number of esters is 1. The zero-order valence-electron chi connectivity index (χ0n) is 39.8. The number of hydrogen-bond donors (Lipinski definition) is 1. The van der Waals surface area contributed by atoms with Gasteiger partial charge in [0.25, 0.3) is 0 Å². The minimum Gasteiger partial charge on any atom is -0.458 e. The summed E-state index contributed by atoms with van der Waals surface area (Å²) in [7, 11) is 5.47. The SMILES string of the molecule is CC[C@H]1OC(=O)[C@H](C)[C@@H](OC/C=C/c2cncnc2)[C@H](C)[C@@H](O[C@@H]2O[C@H](C)C[C@H](N(C)C)[C@H]2O)[C@](C)(OC)C[C@@H](C)/C(=N\OCc2c(C)cc(C)cc2C)[C@H](C)[C@H]2OC(=O)O[C@@]21C. The molecule has 0 aliphatic carbocycles. The van der Waals surface area contributed by atoms with Gasteiger partial charge in [0.15, 0.2) is 18.0 Å². The summed E-state index contributed by atoms with van der Waals surface area (Å²) >= 11 is 0. The number of aliphatic hydroxyl groups is 1. The normalized spacial score (nSPS) is 36.4. The van der Waals surface area contributed by atoms with E-state index in [2.05, 4.69) is 42.9 Å². The number of aliphatic hydroxyl groups excluding tert-OH is 1. The number of aromatic nitrogens is 2. The van der Waals surface area contributed by atoms with Gasteiger partial charge < -0.3 is 48.0 Å². The van der Waals surface area contributed by atoms with Crippen molar-refractivity contribution in [3.05, 3.63) is 64.7 Å². The third-order valence-electron chi connectivity index (χ3n) is 13.5. The number of carbonyl (C=O) groups excluding carboxylic acids is 2. The van der Waals surface area contributed by atoms with Crippen LogP contribution in [0.15, 0.2) is 42.1 Å². The molecule has 1 aromatic carbocycles. The second-order valence-corrected chi connectivity index (χ2v) is 18.6. The second-order valence-electron chi connectivity index (χ2n) is 18.6. The molecule has 1 aromatic heterocycles. The molecule has 1 N–H and O–H groups in total. The van der Waals surface area contributed by atoms with E-state index < -0.39 is 77.9 Å². The standard InChI is InChI=1S/C48H72N4O11/c1-15-38-48(11)43(62-46(55)63-48)32(7)39(51-58-25-36-28(3)19-27(2)20-29(36)4)30(5)22-47(10,56-14)42(61-45-40(53)37(52(12)13)21-31(6)59-45)33(8)41(34(9)44(54)60-38)57-18-16-17-35-23-49-26-50-24-35/h16-17,19-20,23-24,26,30-34,37-38,40-43,45,53H,15,18,21-22,25H2,1-14H3/b17-16+,51-39+/t30-,31-,32+,33+,34-,37+,38-,40-,41+,42-,43-,45+,47-,48-/m1/s1. The largest absolute Gasteiger partial charge is 0.509 e. The third kappa shape index (κ3) is 11.5. The van der Waals surface area contributed by atoms with Crippen LogP contribution in [0, 0.1) is 44.4 Å². The smallest absolute Gasteiger partial charge is 0.458 e. The summed E-state index contributed by atoms with van der Waals surface area (Å²) in [5.74, 6) is -2.96. The van der Waals surface area contributed by atoms with Gasteiger partial charge in [-0.05, 0) is 98.5 Å². The van der Waals surface area contributed by atoms with Crippen molar-refractivity contribution < 1.29 is 52.7 Å². The lowest BCUT2D eigenvalue weighted by Crippen LogP contribution is -2.60. The number of methoxy groups -OCH3 is 1. The average Bonchev–Trinajstić information content (AvgIpc) is 3.55. The molecule has 0 spiro atoms. The Labute approximate surface area is 374 Å². The van der Waals surface area contributed by atoms with Crippen molar-refractivity contribution in [2.24, 2.45) is 28.8 Å². The fourth-order valence-corrected chi connectivity index (χ4v) is 10.0. The van der Waals surface area contributed by atoms with Crippen LogP contribution in [0.4, 0.5) is 4.79 Å². The van der Waals surface area contributed by atoms with Crippen molar-refractivity contribution in [1.82, 2.24) is 14.9 Å². The van der Waals surface area contributed by atoms with E-state index in [0.29, 0.717) is 25.0 Å². The van der Waals surface area contributed by atoms with E-state index in [1.54, 1.807) is 33.4 Å². The van der Waals surface area contributed by atoms with Crippen molar-refractivity contribution in [3.8, 4) is 0 Å². The maximum atomic E-state index is 14.6. The molecule has 0 radical (unpaired) electrons. The lowest BCUT2D eigenvalue weighted by molar-refractivity contribution is -0.302. The highest BCUT2D eigenvalue weighted by Crippen LogP contribution is 2.43. The van der Waals surface area contributed by atoms with Crippen LogP contribution in [0.1, 0.15) is 102 Å². The molecular formula is C48H72N4O11. The molecule has 4 heterocycles. The van der Waals surface area contributed by atoms with Gasteiger partial charge in [-0.25, -0.2) is 14.8 Å². The molecule has 350 valence electrons. The van der Waals surface area contributed by atoms with Crippen LogP contribution >= 0.6 is 0 Å². The van der Waals surface area contributed by atoms with Gasteiger partial charge >= 0.3 is 12.1 Å². The molecule has 0 saturated carbocycles. The van der Waals surface area contributed by atoms with Crippen LogP contribution < -0.4 is 0 Å². The molecule has 63 heavy (non-hydrogen) atoms. The number of nitrogens with zero attached hydrogens (tertiary/aromatic N) is 4. The van der Waals surface area contributed by atoms with Crippen molar-refractivity contribution >= 4 is 23.9 Å². The van der Waals surface area contributed by atoms with E-state index in [1.165, 1.54) is 6.33 Å². The van der Waals surface area contributed by atoms with Crippen LogP contribution in [-0.4, -0.2) is 126 Å². The highest BCUT2D eigenvalue weighted by molar-refractivity contribution is 5.89. The van der Waals surface area contributed by atoms with Gasteiger partial charge in [0.1, 0.15) is 25.1 Å². The van der Waals surface area contributed by atoms with Gasteiger partial charge in [0.2, 0.25) is 0 Å². The number of ether oxygens (including phenoxy) is 7. The number of fused-ring (bicyclic) bond motifs is 1. The summed E-state index contributed by atoms with van der Waals surface area (Å²) in [5.41, 5.74) is 3.21. The molecule has 14 atom stereocenters. The van der Waals surface area contributed by atoms with Crippen molar-refractivity contribution in [1.29, 1.82) is 0 Å². The molecule has 3 saturated heterocycles. The van der Waals surface area contributed by atoms with E-state index in [1.807, 2.05) is 72.7 Å². The zero-order chi connectivity index (χ0) is 46.4. The summed E-state index contributed by atoms with van der Waals surface area (Å²) in [6, 6.07) is 3.98. The van der Waals surface area contributed by atoms with Crippen molar-refractivity contribution in [2.45, 2.75) is 162 Å². The summed E-state index contributed by atoms with van der Waals surface area (Å²) in [6.07, 6.45) is 3.12. The van der Waals surface area contributed by atoms with Crippen LogP contribution in [0.2, 0.25) is 0 Å².